The Labute approximate surface area is 156 Å². The lowest BCUT2D eigenvalue weighted by atomic mass is 9.94. The molecule has 2 saturated heterocycles. The Balaban J connectivity index is 1.45. The van der Waals surface area contributed by atoms with Crippen molar-refractivity contribution >= 4 is 16.9 Å². The fourth-order valence-electron chi connectivity index (χ4n) is 4.18. The summed E-state index contributed by atoms with van der Waals surface area (Å²) in [6.07, 6.45) is 7.09. The Morgan fingerprint density at radius 3 is 2.74 bits per heavy atom. The van der Waals surface area contributed by atoms with E-state index in [4.69, 9.17) is 9.47 Å². The molecular weight excluding hydrogens is 344 g/mol. The number of morpholine rings is 1. The first kappa shape index (κ1) is 16.5. The number of rotatable bonds is 3. The predicted molar refractivity (Wildman–Crippen MR) is 100 cm³/mol. The van der Waals surface area contributed by atoms with Crippen molar-refractivity contribution in [1.82, 2.24) is 19.7 Å². The fraction of sp³-hybridized carbons (Fsp3) is 0.400. The minimum atomic E-state index is -0.264. The first-order chi connectivity index (χ1) is 13.2. The van der Waals surface area contributed by atoms with Gasteiger partial charge in [0.25, 0.3) is 0 Å². The molecule has 1 unspecified atom stereocenters. The summed E-state index contributed by atoms with van der Waals surface area (Å²) in [4.78, 5) is 13.0. The lowest BCUT2D eigenvalue weighted by molar-refractivity contribution is -0.0339. The van der Waals surface area contributed by atoms with Gasteiger partial charge in [0.05, 0.1) is 36.2 Å². The van der Waals surface area contributed by atoms with E-state index in [-0.39, 0.29) is 24.2 Å². The van der Waals surface area contributed by atoms with Gasteiger partial charge < -0.3 is 19.4 Å². The highest BCUT2D eigenvalue weighted by Crippen LogP contribution is 2.27. The van der Waals surface area contributed by atoms with E-state index in [2.05, 4.69) is 10.4 Å². The number of ether oxygens (including phenoxy) is 2. The minimum absolute atomic E-state index is 0.0712. The van der Waals surface area contributed by atoms with Gasteiger partial charge in [0, 0.05) is 49.8 Å². The van der Waals surface area contributed by atoms with E-state index < -0.39 is 0 Å². The zero-order valence-corrected chi connectivity index (χ0v) is 15.2. The summed E-state index contributed by atoms with van der Waals surface area (Å²) in [6.45, 7) is 1.37. The summed E-state index contributed by atoms with van der Waals surface area (Å²) in [5, 5.41) is 8.66. The lowest BCUT2D eigenvalue weighted by Gasteiger charge is -2.39. The van der Waals surface area contributed by atoms with Crippen molar-refractivity contribution in [3.05, 3.63) is 48.4 Å². The van der Waals surface area contributed by atoms with Crippen LogP contribution in [-0.2, 0) is 16.5 Å². The molecule has 5 rings (SSSR count). The van der Waals surface area contributed by atoms with Crippen LogP contribution in [0.15, 0.2) is 42.9 Å². The van der Waals surface area contributed by atoms with Crippen molar-refractivity contribution in [2.24, 2.45) is 7.05 Å². The maximum Gasteiger partial charge on any atom is 0.340 e. The van der Waals surface area contributed by atoms with Gasteiger partial charge >= 0.3 is 5.97 Å². The largest absolute Gasteiger partial charge is 0.459 e. The second-order valence-electron chi connectivity index (χ2n) is 7.40. The number of esters is 1. The Bertz CT molecular complexity index is 980. The average molecular weight is 366 g/mol. The van der Waals surface area contributed by atoms with E-state index in [1.54, 1.807) is 10.9 Å². The van der Waals surface area contributed by atoms with Crippen molar-refractivity contribution in [1.29, 1.82) is 0 Å². The Kier molecular flexibility index (Phi) is 3.98. The molecule has 0 radical (unpaired) electrons. The molecule has 2 fully saturated rings. The van der Waals surface area contributed by atoms with Crippen LogP contribution in [0.1, 0.15) is 23.2 Å². The maximum absolute atomic E-state index is 13.0. The normalized spacial score (nSPS) is 24.9. The number of hydrogen-bond acceptors (Lipinski definition) is 5. The topological polar surface area (TPSA) is 70.3 Å². The molecule has 0 aliphatic carbocycles. The van der Waals surface area contributed by atoms with Gasteiger partial charge in [0.15, 0.2) is 0 Å². The second-order valence-corrected chi connectivity index (χ2v) is 7.40. The second kappa shape index (κ2) is 6.51. The molecule has 3 aromatic rings. The number of carbonyl (C=O) groups is 1. The molecule has 1 N–H and O–H groups in total. The summed E-state index contributed by atoms with van der Waals surface area (Å²) in [5.41, 5.74) is 2.48. The Hall–Kier alpha value is -2.64. The third-order valence-corrected chi connectivity index (χ3v) is 5.38. The van der Waals surface area contributed by atoms with E-state index in [1.807, 2.05) is 48.3 Å². The number of aromatic nitrogens is 3. The number of benzene rings is 1. The highest BCUT2D eigenvalue weighted by Gasteiger charge is 2.34. The molecule has 0 spiro atoms. The number of carbonyl (C=O) groups excluding carboxylic acids is 1. The first-order valence-electron chi connectivity index (χ1n) is 9.31. The highest BCUT2D eigenvalue weighted by molar-refractivity contribution is 6.05. The average Bonchev–Trinajstić information content (AvgIpc) is 3.25. The maximum atomic E-state index is 13.0. The fourth-order valence-corrected chi connectivity index (χ4v) is 4.18. The lowest BCUT2D eigenvalue weighted by Crippen LogP contribution is -2.56. The highest BCUT2D eigenvalue weighted by atomic mass is 16.5. The van der Waals surface area contributed by atoms with Gasteiger partial charge in [-0.3, -0.25) is 4.68 Å². The van der Waals surface area contributed by atoms with Gasteiger partial charge in [-0.2, -0.15) is 5.10 Å². The molecule has 7 heteroatoms. The van der Waals surface area contributed by atoms with Crippen LogP contribution in [0.3, 0.4) is 0 Å². The smallest absolute Gasteiger partial charge is 0.340 e. The van der Waals surface area contributed by atoms with Crippen LogP contribution in [0, 0.1) is 0 Å². The summed E-state index contributed by atoms with van der Waals surface area (Å²) < 4.78 is 15.2. The number of para-hydroxylation sites is 1. The summed E-state index contributed by atoms with van der Waals surface area (Å²) in [6, 6.07) is 8.42. The van der Waals surface area contributed by atoms with Crippen molar-refractivity contribution in [2.75, 3.05) is 13.2 Å². The molecular formula is C20H22N4O3. The molecule has 0 amide bonds. The van der Waals surface area contributed by atoms with Crippen LogP contribution in [0.4, 0.5) is 0 Å². The Morgan fingerprint density at radius 1 is 1.22 bits per heavy atom. The molecule has 2 aliphatic heterocycles. The van der Waals surface area contributed by atoms with Gasteiger partial charge in [-0.25, -0.2) is 4.79 Å². The van der Waals surface area contributed by atoms with Crippen LogP contribution in [0.2, 0.25) is 0 Å². The standard InChI is InChI=1S/C20H22N4O3/c1-23-9-15(8-21-23)24-10-18(17-4-2-3-5-19(17)24)20(25)27-16-6-13-11-26-12-14(7-16)22-13/h2-5,8-10,13-14,16,22H,6-7,11-12H2,1H3/t13-,14+,16?. The van der Waals surface area contributed by atoms with Gasteiger partial charge in [-0.05, 0) is 6.07 Å². The first-order valence-corrected chi connectivity index (χ1v) is 9.31. The zero-order chi connectivity index (χ0) is 18.4. The van der Waals surface area contributed by atoms with Crippen LogP contribution >= 0.6 is 0 Å². The van der Waals surface area contributed by atoms with Crippen molar-refractivity contribution in [3.63, 3.8) is 0 Å². The van der Waals surface area contributed by atoms with Gasteiger partial charge in [0.2, 0.25) is 0 Å². The molecule has 2 bridgehead atoms. The molecule has 4 heterocycles. The number of fused-ring (bicyclic) bond motifs is 3. The molecule has 140 valence electrons. The zero-order valence-electron chi connectivity index (χ0n) is 15.2. The quantitative estimate of drug-likeness (QED) is 0.719. The predicted octanol–water partition coefficient (Wildman–Crippen LogP) is 2.04. The van der Waals surface area contributed by atoms with E-state index in [0.717, 1.165) is 29.4 Å². The molecule has 2 aromatic heterocycles. The van der Waals surface area contributed by atoms with Crippen molar-refractivity contribution in [2.45, 2.75) is 31.0 Å². The van der Waals surface area contributed by atoms with Crippen LogP contribution in [-0.4, -0.2) is 51.7 Å². The number of hydrogen-bond donors (Lipinski definition) is 1. The summed E-state index contributed by atoms with van der Waals surface area (Å²) >= 11 is 0. The van der Waals surface area contributed by atoms with Gasteiger partial charge in [0.1, 0.15) is 6.10 Å². The van der Waals surface area contributed by atoms with Crippen LogP contribution in [0.5, 0.6) is 0 Å². The summed E-state index contributed by atoms with van der Waals surface area (Å²) in [5.74, 6) is -0.264. The molecule has 2 aliphatic rings. The van der Waals surface area contributed by atoms with E-state index in [9.17, 15) is 4.79 Å². The minimum Gasteiger partial charge on any atom is -0.459 e. The van der Waals surface area contributed by atoms with E-state index in [1.165, 1.54) is 0 Å². The monoisotopic (exact) mass is 366 g/mol. The Morgan fingerprint density at radius 2 is 2.00 bits per heavy atom. The molecule has 3 atom stereocenters. The SMILES string of the molecule is Cn1cc(-n2cc(C(=O)OC3C[C@H]4COC[C@@H](C3)N4)c3ccccc32)cn1. The van der Waals surface area contributed by atoms with E-state index >= 15 is 0 Å². The van der Waals surface area contributed by atoms with E-state index in [0.29, 0.717) is 18.8 Å². The molecule has 0 saturated carbocycles. The number of aryl methyl sites for hydroxylation is 1. The van der Waals surface area contributed by atoms with Crippen molar-refractivity contribution in [3.8, 4) is 5.69 Å². The number of nitrogens with zero attached hydrogens (tertiary/aromatic N) is 3. The molecule has 1 aromatic carbocycles. The van der Waals surface area contributed by atoms with Gasteiger partial charge in [-0.15, -0.1) is 0 Å². The number of piperidine rings is 1. The summed E-state index contributed by atoms with van der Waals surface area (Å²) in [7, 11) is 1.88. The third kappa shape index (κ3) is 3.02. The number of nitrogens with one attached hydrogen (secondary N) is 1. The van der Waals surface area contributed by atoms with Gasteiger partial charge in [-0.1, -0.05) is 18.2 Å². The molecule has 7 nitrogen and oxygen atoms in total. The molecule has 27 heavy (non-hydrogen) atoms. The van der Waals surface area contributed by atoms with Crippen LogP contribution < -0.4 is 5.32 Å². The van der Waals surface area contributed by atoms with Crippen LogP contribution in [0.25, 0.3) is 16.6 Å². The van der Waals surface area contributed by atoms with Crippen molar-refractivity contribution < 1.29 is 14.3 Å². The third-order valence-electron chi connectivity index (χ3n) is 5.38.